The maximum atomic E-state index is 13.4. The highest BCUT2D eigenvalue weighted by molar-refractivity contribution is 9.10. The molecule has 1 N–H and O–H groups in total. The lowest BCUT2D eigenvalue weighted by atomic mass is 10.1. The number of rotatable bonds is 2. The van der Waals surface area contributed by atoms with Crippen LogP contribution in [0.4, 0.5) is 15.8 Å². The Kier molecular flexibility index (Phi) is 4.17. The average Bonchev–Trinajstić information content (AvgIpc) is 2.95. The molecule has 1 aliphatic rings. The van der Waals surface area contributed by atoms with Gasteiger partial charge < -0.3 is 5.32 Å². The van der Waals surface area contributed by atoms with Crippen molar-refractivity contribution < 1.29 is 14.0 Å². The van der Waals surface area contributed by atoms with Gasteiger partial charge in [0.25, 0.3) is 5.91 Å². The van der Waals surface area contributed by atoms with E-state index in [1.54, 1.807) is 6.07 Å². The zero-order valence-electron chi connectivity index (χ0n) is 12.4. The fourth-order valence-corrected chi connectivity index (χ4v) is 3.21. The van der Waals surface area contributed by atoms with Gasteiger partial charge in [-0.05, 0) is 42.3 Å². The molecule has 2 aromatic rings. The summed E-state index contributed by atoms with van der Waals surface area (Å²) < 4.78 is 14.2. The molecule has 0 atom stereocenters. The van der Waals surface area contributed by atoms with Crippen LogP contribution in [0.15, 0.2) is 40.9 Å². The molecular formula is C17H14BrFN2O2. The molecule has 23 heavy (non-hydrogen) atoms. The molecule has 0 unspecified atom stereocenters. The van der Waals surface area contributed by atoms with Crippen LogP contribution in [0.2, 0.25) is 0 Å². The molecule has 3 rings (SSSR count). The van der Waals surface area contributed by atoms with Crippen molar-refractivity contribution in [3.8, 4) is 0 Å². The van der Waals surface area contributed by atoms with Crippen molar-refractivity contribution in [2.24, 2.45) is 0 Å². The van der Waals surface area contributed by atoms with Gasteiger partial charge in [-0.3, -0.25) is 9.59 Å². The van der Waals surface area contributed by atoms with Gasteiger partial charge in [0.1, 0.15) is 5.82 Å². The number of carbonyl (C=O) groups is 2. The molecule has 6 heteroatoms. The molecule has 118 valence electrons. The molecule has 0 aromatic heterocycles. The topological polar surface area (TPSA) is 49.4 Å². The van der Waals surface area contributed by atoms with E-state index in [0.29, 0.717) is 5.69 Å². The first-order chi connectivity index (χ1) is 11.0. The average molecular weight is 377 g/mol. The molecule has 1 heterocycles. The van der Waals surface area contributed by atoms with Crippen LogP contribution < -0.4 is 10.2 Å². The second-order valence-corrected chi connectivity index (χ2v) is 6.22. The first kappa shape index (κ1) is 15.7. The highest BCUT2D eigenvalue weighted by atomic mass is 79.9. The number of fused-ring (bicyclic) bond motifs is 1. The second-order valence-electron chi connectivity index (χ2n) is 5.31. The molecular weight excluding hydrogens is 363 g/mol. The van der Waals surface area contributed by atoms with E-state index < -0.39 is 17.6 Å². The van der Waals surface area contributed by atoms with Crippen LogP contribution in [0, 0.1) is 5.82 Å². The van der Waals surface area contributed by atoms with Gasteiger partial charge >= 0.3 is 0 Å². The Balaban J connectivity index is 2.10. The third-order valence-electron chi connectivity index (χ3n) is 3.69. The zero-order chi connectivity index (χ0) is 16.6. The van der Waals surface area contributed by atoms with E-state index in [2.05, 4.69) is 21.2 Å². The lowest BCUT2D eigenvalue weighted by Crippen LogP contribution is -2.35. The number of anilines is 2. The summed E-state index contributed by atoms with van der Waals surface area (Å²) in [6.45, 7) is 2.07. The quantitative estimate of drug-likeness (QED) is 0.868. The first-order valence-corrected chi connectivity index (χ1v) is 7.93. The van der Waals surface area contributed by atoms with Gasteiger partial charge in [0.15, 0.2) is 0 Å². The predicted octanol–water partition coefficient (Wildman–Crippen LogP) is 3.75. The number of imide groups is 1. The Hall–Kier alpha value is -2.21. The molecule has 2 amide bonds. The number of amides is 2. The summed E-state index contributed by atoms with van der Waals surface area (Å²) in [5.74, 6) is -1.49. The third kappa shape index (κ3) is 2.99. The van der Waals surface area contributed by atoms with Crippen molar-refractivity contribution in [2.45, 2.75) is 13.3 Å². The summed E-state index contributed by atoms with van der Waals surface area (Å²) in [5, 5.41) is 3.21. The van der Waals surface area contributed by atoms with Crippen molar-refractivity contribution in [3.63, 3.8) is 0 Å². The molecule has 0 saturated heterocycles. The van der Waals surface area contributed by atoms with Gasteiger partial charge in [0.2, 0.25) is 5.91 Å². The Morgan fingerprint density at radius 3 is 2.74 bits per heavy atom. The van der Waals surface area contributed by atoms with Crippen LogP contribution in [0.5, 0.6) is 0 Å². The van der Waals surface area contributed by atoms with Gasteiger partial charge in [-0.15, -0.1) is 0 Å². The molecule has 0 spiro atoms. The van der Waals surface area contributed by atoms with E-state index in [4.69, 9.17) is 0 Å². The summed E-state index contributed by atoms with van der Waals surface area (Å²) >= 11 is 3.41. The van der Waals surface area contributed by atoms with Crippen LogP contribution in [0.1, 0.15) is 22.8 Å². The SMILES string of the molecule is CC(=O)N(C(=O)c1cccc(F)c1)c1cc(Br)cc2c1NCC2. The molecule has 0 radical (unpaired) electrons. The summed E-state index contributed by atoms with van der Waals surface area (Å²) in [7, 11) is 0. The second kappa shape index (κ2) is 6.12. The van der Waals surface area contributed by atoms with E-state index in [9.17, 15) is 14.0 Å². The fraction of sp³-hybridized carbons (Fsp3) is 0.176. The van der Waals surface area contributed by atoms with Crippen molar-refractivity contribution in [2.75, 3.05) is 16.8 Å². The maximum Gasteiger partial charge on any atom is 0.265 e. The van der Waals surface area contributed by atoms with Gasteiger partial charge in [-0.1, -0.05) is 22.0 Å². The van der Waals surface area contributed by atoms with E-state index in [1.165, 1.54) is 25.1 Å². The third-order valence-corrected chi connectivity index (χ3v) is 4.15. The van der Waals surface area contributed by atoms with Crippen molar-refractivity contribution in [1.82, 2.24) is 0 Å². The summed E-state index contributed by atoms with van der Waals surface area (Å²) in [5.41, 5.74) is 2.42. The van der Waals surface area contributed by atoms with Crippen LogP contribution >= 0.6 is 15.9 Å². The summed E-state index contributed by atoms with van der Waals surface area (Å²) in [6, 6.07) is 9.01. The van der Waals surface area contributed by atoms with Crippen LogP contribution in [-0.4, -0.2) is 18.4 Å². The lowest BCUT2D eigenvalue weighted by Gasteiger charge is -2.22. The number of carbonyl (C=O) groups excluding carboxylic acids is 2. The predicted molar refractivity (Wildman–Crippen MR) is 90.2 cm³/mol. The lowest BCUT2D eigenvalue weighted by molar-refractivity contribution is -0.115. The van der Waals surface area contributed by atoms with Crippen LogP contribution in [-0.2, 0) is 11.2 Å². The summed E-state index contributed by atoms with van der Waals surface area (Å²) in [6.07, 6.45) is 0.821. The molecule has 0 fully saturated rings. The molecule has 0 saturated carbocycles. The number of halogens is 2. The smallest absolute Gasteiger partial charge is 0.265 e. The van der Waals surface area contributed by atoms with Crippen molar-refractivity contribution in [1.29, 1.82) is 0 Å². The monoisotopic (exact) mass is 376 g/mol. The van der Waals surface area contributed by atoms with E-state index in [0.717, 1.165) is 39.7 Å². The molecule has 0 bridgehead atoms. The van der Waals surface area contributed by atoms with E-state index >= 15 is 0 Å². The zero-order valence-corrected chi connectivity index (χ0v) is 14.0. The van der Waals surface area contributed by atoms with Gasteiger partial charge in [0, 0.05) is 23.5 Å². The van der Waals surface area contributed by atoms with Gasteiger partial charge in [0.05, 0.1) is 11.4 Å². The Bertz CT molecular complexity index is 807. The fourth-order valence-electron chi connectivity index (χ4n) is 2.72. The number of hydrogen-bond donors (Lipinski definition) is 1. The summed E-state index contributed by atoms with van der Waals surface area (Å²) in [4.78, 5) is 25.9. The largest absolute Gasteiger partial charge is 0.383 e. The molecule has 2 aromatic carbocycles. The number of hydrogen-bond acceptors (Lipinski definition) is 3. The highest BCUT2D eigenvalue weighted by Gasteiger charge is 2.27. The minimum atomic E-state index is -0.550. The number of nitrogens with zero attached hydrogens (tertiary/aromatic N) is 1. The minimum Gasteiger partial charge on any atom is -0.383 e. The van der Waals surface area contributed by atoms with E-state index in [-0.39, 0.29) is 5.56 Å². The van der Waals surface area contributed by atoms with Crippen molar-refractivity contribution in [3.05, 3.63) is 57.8 Å². The van der Waals surface area contributed by atoms with Crippen LogP contribution in [0.25, 0.3) is 0 Å². The molecule has 1 aliphatic heterocycles. The molecule has 0 aliphatic carbocycles. The Morgan fingerprint density at radius 2 is 2.04 bits per heavy atom. The molecule has 4 nitrogen and oxygen atoms in total. The highest BCUT2D eigenvalue weighted by Crippen LogP contribution is 2.37. The van der Waals surface area contributed by atoms with Crippen molar-refractivity contribution >= 4 is 39.1 Å². The normalized spacial score (nSPS) is 12.5. The Labute approximate surface area is 141 Å². The van der Waals surface area contributed by atoms with E-state index in [1.807, 2.05) is 6.07 Å². The number of benzene rings is 2. The number of nitrogens with one attached hydrogen (secondary N) is 1. The van der Waals surface area contributed by atoms with Crippen LogP contribution in [0.3, 0.4) is 0 Å². The van der Waals surface area contributed by atoms with Gasteiger partial charge in [-0.2, -0.15) is 0 Å². The Morgan fingerprint density at radius 1 is 1.26 bits per heavy atom. The minimum absolute atomic E-state index is 0.131. The van der Waals surface area contributed by atoms with Gasteiger partial charge in [-0.25, -0.2) is 9.29 Å². The standard InChI is InChI=1S/C17H14BrFN2O2/c1-10(22)21(17(23)12-3-2-4-14(19)8-12)15-9-13(18)7-11-5-6-20-16(11)15/h2-4,7-9,20H,5-6H2,1H3. The maximum absolute atomic E-state index is 13.4. The first-order valence-electron chi connectivity index (χ1n) is 7.14.